The highest BCUT2D eigenvalue weighted by molar-refractivity contribution is 7.98. The van der Waals surface area contributed by atoms with E-state index in [9.17, 15) is 13.2 Å². The highest BCUT2D eigenvalue weighted by atomic mass is 32.2. The van der Waals surface area contributed by atoms with Crippen molar-refractivity contribution in [3.8, 4) is 0 Å². The minimum Gasteiger partial charge on any atom is -0.465 e. The molecule has 7 heteroatoms. The number of thioether (sulfide) groups is 1. The summed E-state index contributed by atoms with van der Waals surface area (Å²) in [4.78, 5) is 13.0. The molecule has 0 aliphatic carbocycles. The predicted octanol–water partition coefficient (Wildman–Crippen LogP) is 3.33. The van der Waals surface area contributed by atoms with Crippen LogP contribution in [-0.4, -0.2) is 34.8 Å². The number of esters is 1. The van der Waals surface area contributed by atoms with Crippen LogP contribution in [0.15, 0.2) is 52.3 Å². The van der Waals surface area contributed by atoms with Crippen LogP contribution in [-0.2, 0) is 14.8 Å². The molecule has 0 amide bonds. The molecule has 0 aliphatic rings. The molecule has 2 rings (SSSR count). The van der Waals surface area contributed by atoms with Crippen LogP contribution in [0.1, 0.15) is 15.9 Å². The highest BCUT2D eigenvalue weighted by Crippen LogP contribution is 2.28. The lowest BCUT2D eigenvalue weighted by Gasteiger charge is -2.22. The zero-order chi connectivity index (χ0) is 17.9. The van der Waals surface area contributed by atoms with Crippen molar-refractivity contribution in [3.05, 3.63) is 53.6 Å². The van der Waals surface area contributed by atoms with Crippen molar-refractivity contribution in [2.24, 2.45) is 0 Å². The molecular formula is C17H19NO4S2. The summed E-state index contributed by atoms with van der Waals surface area (Å²) in [7, 11) is -0.949. The fourth-order valence-electron chi connectivity index (χ4n) is 2.33. The van der Waals surface area contributed by atoms with Crippen molar-refractivity contribution in [2.75, 3.05) is 24.7 Å². The topological polar surface area (TPSA) is 63.7 Å². The molecule has 24 heavy (non-hydrogen) atoms. The van der Waals surface area contributed by atoms with Crippen LogP contribution in [0.4, 0.5) is 5.69 Å². The van der Waals surface area contributed by atoms with Gasteiger partial charge in [0.1, 0.15) is 0 Å². The molecule has 5 nitrogen and oxygen atoms in total. The third-order valence-electron chi connectivity index (χ3n) is 3.77. The van der Waals surface area contributed by atoms with E-state index in [4.69, 9.17) is 4.74 Å². The van der Waals surface area contributed by atoms with Crippen molar-refractivity contribution in [3.63, 3.8) is 0 Å². The Bertz CT molecular complexity index is 845. The lowest BCUT2D eigenvalue weighted by molar-refractivity contribution is 0.0600. The second-order valence-electron chi connectivity index (χ2n) is 5.09. The first kappa shape index (κ1) is 18.4. The van der Waals surface area contributed by atoms with Gasteiger partial charge in [-0.3, -0.25) is 4.31 Å². The summed E-state index contributed by atoms with van der Waals surface area (Å²) in [6.45, 7) is 1.70. The van der Waals surface area contributed by atoms with Gasteiger partial charge >= 0.3 is 5.97 Å². The Kier molecular flexibility index (Phi) is 5.56. The Labute approximate surface area is 146 Å². The fraction of sp³-hybridized carbons (Fsp3) is 0.235. The van der Waals surface area contributed by atoms with Crippen LogP contribution in [0.5, 0.6) is 0 Å². The number of hydrogen-bond donors (Lipinski definition) is 0. The van der Waals surface area contributed by atoms with Gasteiger partial charge in [0.15, 0.2) is 0 Å². The molecule has 0 aliphatic heterocycles. The number of carbonyl (C=O) groups is 1. The minimum atomic E-state index is -3.72. The maximum Gasteiger partial charge on any atom is 0.338 e. The Morgan fingerprint density at radius 1 is 1.12 bits per heavy atom. The molecule has 0 atom stereocenters. The van der Waals surface area contributed by atoms with Gasteiger partial charge in [0, 0.05) is 11.9 Å². The van der Waals surface area contributed by atoms with Crippen LogP contribution in [0.3, 0.4) is 0 Å². The number of ether oxygens (including phenoxy) is 1. The maximum atomic E-state index is 12.8. The van der Waals surface area contributed by atoms with E-state index in [1.165, 1.54) is 18.5 Å². The van der Waals surface area contributed by atoms with Gasteiger partial charge in [-0.1, -0.05) is 6.07 Å². The lowest BCUT2D eigenvalue weighted by Crippen LogP contribution is -2.27. The minimum absolute atomic E-state index is 0.200. The number of hydrogen-bond acceptors (Lipinski definition) is 5. The number of anilines is 1. The second-order valence-corrected chi connectivity index (χ2v) is 7.94. The summed E-state index contributed by atoms with van der Waals surface area (Å²) >= 11 is 1.54. The van der Waals surface area contributed by atoms with E-state index >= 15 is 0 Å². The number of nitrogens with zero attached hydrogens (tertiary/aromatic N) is 1. The van der Waals surface area contributed by atoms with Gasteiger partial charge < -0.3 is 4.74 Å². The van der Waals surface area contributed by atoms with Gasteiger partial charge in [-0.25, -0.2) is 13.2 Å². The van der Waals surface area contributed by atoms with E-state index in [2.05, 4.69) is 0 Å². The molecule has 0 unspecified atom stereocenters. The molecule has 0 saturated heterocycles. The summed E-state index contributed by atoms with van der Waals surface area (Å²) in [5.41, 5.74) is 1.33. The first-order valence-electron chi connectivity index (χ1n) is 7.14. The third kappa shape index (κ3) is 3.42. The van der Waals surface area contributed by atoms with Crippen LogP contribution < -0.4 is 4.31 Å². The SMILES string of the molecule is COC(=O)c1cccc(N(C)S(=O)(=O)c2ccc(SC)cc2)c1C. The Morgan fingerprint density at radius 3 is 2.29 bits per heavy atom. The van der Waals surface area contributed by atoms with E-state index in [1.807, 2.05) is 6.26 Å². The Morgan fingerprint density at radius 2 is 1.75 bits per heavy atom. The van der Waals surface area contributed by atoms with Crippen LogP contribution >= 0.6 is 11.8 Å². The summed E-state index contributed by atoms with van der Waals surface area (Å²) in [6.07, 6.45) is 1.93. The molecule has 0 aromatic heterocycles. The standard InChI is InChI=1S/C17H19NO4S2/c1-12-15(17(19)22-3)6-5-7-16(12)18(2)24(20,21)14-10-8-13(23-4)9-11-14/h5-11H,1-4H3. The zero-order valence-corrected chi connectivity index (χ0v) is 15.6. The molecular weight excluding hydrogens is 346 g/mol. The molecule has 0 spiro atoms. The molecule has 2 aromatic carbocycles. The largest absolute Gasteiger partial charge is 0.465 e. The van der Waals surface area contributed by atoms with Gasteiger partial charge in [0.2, 0.25) is 0 Å². The normalized spacial score (nSPS) is 11.2. The molecule has 0 bridgehead atoms. The average Bonchev–Trinajstić information content (AvgIpc) is 2.60. The number of sulfonamides is 1. The first-order valence-corrected chi connectivity index (χ1v) is 9.80. The molecule has 2 aromatic rings. The van der Waals surface area contributed by atoms with Gasteiger partial charge in [0.25, 0.3) is 10.0 Å². The summed E-state index contributed by atoms with van der Waals surface area (Å²) in [5.74, 6) is -0.496. The number of benzene rings is 2. The molecule has 0 fully saturated rings. The van der Waals surface area contributed by atoms with Crippen molar-refractivity contribution >= 4 is 33.4 Å². The summed E-state index contributed by atoms with van der Waals surface area (Å²) in [5, 5.41) is 0. The molecule has 0 heterocycles. The van der Waals surface area contributed by atoms with Crippen molar-refractivity contribution in [2.45, 2.75) is 16.7 Å². The molecule has 128 valence electrons. The lowest BCUT2D eigenvalue weighted by atomic mass is 10.1. The molecule has 0 saturated carbocycles. The quantitative estimate of drug-likeness (QED) is 0.601. The van der Waals surface area contributed by atoms with Crippen LogP contribution in [0.25, 0.3) is 0 Å². The summed E-state index contributed by atoms with van der Waals surface area (Å²) < 4.78 is 31.6. The van der Waals surface area contributed by atoms with Gasteiger partial charge in [0.05, 0.1) is 23.3 Å². The van der Waals surface area contributed by atoms with E-state index in [0.717, 1.165) is 4.90 Å². The van der Waals surface area contributed by atoms with Crippen LogP contribution in [0, 0.1) is 6.92 Å². The molecule has 0 N–H and O–H groups in total. The van der Waals surface area contributed by atoms with Crippen molar-refractivity contribution in [1.29, 1.82) is 0 Å². The Balaban J connectivity index is 2.46. The van der Waals surface area contributed by atoms with E-state index in [-0.39, 0.29) is 4.90 Å². The maximum absolute atomic E-state index is 12.8. The second kappa shape index (κ2) is 7.27. The third-order valence-corrected chi connectivity index (χ3v) is 6.30. The number of carbonyl (C=O) groups excluding carboxylic acids is 1. The van der Waals surface area contributed by atoms with Gasteiger partial charge in [-0.2, -0.15) is 0 Å². The Hall–Kier alpha value is -1.99. The predicted molar refractivity (Wildman–Crippen MR) is 96.3 cm³/mol. The smallest absolute Gasteiger partial charge is 0.338 e. The zero-order valence-electron chi connectivity index (χ0n) is 13.9. The summed E-state index contributed by atoms with van der Waals surface area (Å²) in [6, 6.07) is 11.6. The van der Waals surface area contributed by atoms with E-state index in [0.29, 0.717) is 16.8 Å². The van der Waals surface area contributed by atoms with Gasteiger partial charge in [-0.15, -0.1) is 11.8 Å². The number of rotatable bonds is 5. The monoisotopic (exact) mass is 365 g/mol. The highest BCUT2D eigenvalue weighted by Gasteiger charge is 2.24. The number of methoxy groups -OCH3 is 1. The van der Waals surface area contributed by atoms with E-state index in [1.54, 1.807) is 61.2 Å². The van der Waals surface area contributed by atoms with E-state index < -0.39 is 16.0 Å². The van der Waals surface area contributed by atoms with Crippen molar-refractivity contribution < 1.29 is 17.9 Å². The average molecular weight is 365 g/mol. The van der Waals surface area contributed by atoms with Gasteiger partial charge in [-0.05, 0) is 55.1 Å². The van der Waals surface area contributed by atoms with Crippen molar-refractivity contribution in [1.82, 2.24) is 0 Å². The molecule has 0 radical (unpaired) electrons. The fourth-order valence-corrected chi connectivity index (χ4v) is 3.99. The van der Waals surface area contributed by atoms with Crippen LogP contribution in [0.2, 0.25) is 0 Å². The first-order chi connectivity index (χ1) is 11.3.